The fourth-order valence-corrected chi connectivity index (χ4v) is 1.87. The largest absolute Gasteiger partial charge is 0.461 e. The van der Waals surface area contributed by atoms with Crippen LogP contribution in [0.2, 0.25) is 0 Å². The third kappa shape index (κ3) is 1.43. The Morgan fingerprint density at radius 2 is 2.36 bits per heavy atom. The van der Waals surface area contributed by atoms with E-state index >= 15 is 0 Å². The third-order valence-electron chi connectivity index (χ3n) is 1.96. The summed E-state index contributed by atoms with van der Waals surface area (Å²) in [6, 6.07) is 3.74. The highest BCUT2D eigenvalue weighted by Crippen LogP contribution is 2.22. The predicted molar refractivity (Wildman–Crippen MR) is 55.2 cm³/mol. The predicted octanol–water partition coefficient (Wildman–Crippen LogP) is 2.28. The van der Waals surface area contributed by atoms with Crippen LogP contribution in [0.4, 0.5) is 0 Å². The minimum absolute atomic E-state index is 0.764. The first kappa shape index (κ1) is 9.33. The van der Waals surface area contributed by atoms with Crippen LogP contribution >= 0.6 is 11.8 Å². The number of nitrogens with zero attached hydrogens (tertiary/aromatic N) is 3. The van der Waals surface area contributed by atoms with Crippen LogP contribution in [0.25, 0.3) is 11.6 Å². The van der Waals surface area contributed by atoms with Crippen molar-refractivity contribution in [1.82, 2.24) is 14.8 Å². The fraction of sp³-hybridized carbons (Fsp3) is 0.333. The molecule has 14 heavy (non-hydrogen) atoms. The lowest BCUT2D eigenvalue weighted by Gasteiger charge is -2.02. The molecule has 0 bridgehead atoms. The first-order valence-electron chi connectivity index (χ1n) is 4.38. The van der Waals surface area contributed by atoms with Crippen molar-refractivity contribution < 1.29 is 4.42 Å². The van der Waals surface area contributed by atoms with Gasteiger partial charge in [-0.2, -0.15) is 0 Å². The molecule has 2 aromatic heterocycles. The fourth-order valence-electron chi connectivity index (χ4n) is 1.31. The molecule has 0 radical (unpaired) electrons. The van der Waals surface area contributed by atoms with E-state index in [4.69, 9.17) is 4.42 Å². The molecule has 0 amide bonds. The highest BCUT2D eigenvalue weighted by Gasteiger charge is 2.13. The summed E-state index contributed by atoms with van der Waals surface area (Å²) in [5, 5.41) is 9.09. The number of furan rings is 1. The van der Waals surface area contributed by atoms with Crippen LogP contribution < -0.4 is 0 Å². The zero-order chi connectivity index (χ0) is 9.97. The lowest BCUT2D eigenvalue weighted by atomic mass is 10.4. The van der Waals surface area contributed by atoms with Crippen molar-refractivity contribution in [2.75, 3.05) is 6.26 Å². The molecule has 0 aliphatic carbocycles. The standard InChI is InChI=1S/C9H11N3OS/c1-3-12-8(7-5-4-6-13-7)10-11-9(12)14-2/h4-6H,3H2,1-2H3. The molecule has 2 rings (SSSR count). The van der Waals surface area contributed by atoms with Gasteiger partial charge < -0.3 is 4.42 Å². The molecule has 0 aromatic carbocycles. The molecule has 2 aromatic rings. The van der Waals surface area contributed by atoms with Crippen molar-refractivity contribution in [2.24, 2.45) is 0 Å². The van der Waals surface area contributed by atoms with Crippen molar-refractivity contribution in [3.05, 3.63) is 18.4 Å². The van der Waals surface area contributed by atoms with E-state index in [2.05, 4.69) is 17.1 Å². The molecule has 0 atom stereocenters. The molecule has 0 N–H and O–H groups in total. The van der Waals surface area contributed by atoms with E-state index in [0.29, 0.717) is 0 Å². The van der Waals surface area contributed by atoms with E-state index in [1.54, 1.807) is 18.0 Å². The second-order valence-electron chi connectivity index (χ2n) is 2.73. The van der Waals surface area contributed by atoms with Crippen LogP contribution in [0.3, 0.4) is 0 Å². The number of hydrogen-bond donors (Lipinski definition) is 0. The van der Waals surface area contributed by atoms with E-state index in [9.17, 15) is 0 Å². The van der Waals surface area contributed by atoms with Crippen LogP contribution in [-0.2, 0) is 6.54 Å². The van der Waals surface area contributed by atoms with Gasteiger partial charge in [0.15, 0.2) is 16.7 Å². The van der Waals surface area contributed by atoms with Gasteiger partial charge in [0.05, 0.1) is 6.26 Å². The van der Waals surface area contributed by atoms with Crippen molar-refractivity contribution in [2.45, 2.75) is 18.6 Å². The summed E-state index contributed by atoms with van der Waals surface area (Å²) >= 11 is 1.59. The molecule has 0 saturated heterocycles. The van der Waals surface area contributed by atoms with Gasteiger partial charge in [0.1, 0.15) is 0 Å². The Labute approximate surface area is 86.3 Å². The molecular weight excluding hydrogens is 198 g/mol. The van der Waals surface area contributed by atoms with Crippen molar-refractivity contribution >= 4 is 11.8 Å². The molecule has 0 aliphatic rings. The molecule has 0 aliphatic heterocycles. The van der Waals surface area contributed by atoms with Gasteiger partial charge in [0, 0.05) is 6.54 Å². The first-order chi connectivity index (χ1) is 6.86. The molecule has 0 unspecified atom stereocenters. The van der Waals surface area contributed by atoms with Gasteiger partial charge in [-0.3, -0.25) is 4.57 Å². The normalized spacial score (nSPS) is 10.7. The summed E-state index contributed by atoms with van der Waals surface area (Å²) in [6.45, 7) is 2.91. The van der Waals surface area contributed by atoms with Gasteiger partial charge in [-0.05, 0) is 25.3 Å². The van der Waals surface area contributed by atoms with Gasteiger partial charge in [-0.1, -0.05) is 11.8 Å². The number of rotatable bonds is 3. The second-order valence-corrected chi connectivity index (χ2v) is 3.51. The Balaban J connectivity index is 2.48. The minimum Gasteiger partial charge on any atom is -0.461 e. The van der Waals surface area contributed by atoms with Gasteiger partial charge in [-0.25, -0.2) is 0 Å². The van der Waals surface area contributed by atoms with E-state index in [1.807, 2.05) is 23.0 Å². The van der Waals surface area contributed by atoms with Crippen molar-refractivity contribution in [3.63, 3.8) is 0 Å². The molecule has 5 heteroatoms. The Kier molecular flexibility index (Phi) is 2.58. The maximum Gasteiger partial charge on any atom is 0.200 e. The summed E-state index contributed by atoms with van der Waals surface area (Å²) in [5.74, 6) is 1.56. The quantitative estimate of drug-likeness (QED) is 0.727. The lowest BCUT2D eigenvalue weighted by Crippen LogP contribution is -1.98. The molecular formula is C9H11N3OS. The maximum absolute atomic E-state index is 5.29. The van der Waals surface area contributed by atoms with Gasteiger partial charge in [-0.15, -0.1) is 10.2 Å². The number of aromatic nitrogens is 3. The Morgan fingerprint density at radius 3 is 2.93 bits per heavy atom. The Hall–Kier alpha value is -1.23. The molecule has 2 heterocycles. The SMILES string of the molecule is CCn1c(SC)nnc1-c1ccco1. The van der Waals surface area contributed by atoms with Crippen LogP contribution in [-0.4, -0.2) is 21.0 Å². The molecule has 0 fully saturated rings. The van der Waals surface area contributed by atoms with Crippen LogP contribution in [0.1, 0.15) is 6.92 Å². The molecule has 74 valence electrons. The van der Waals surface area contributed by atoms with E-state index in [1.165, 1.54) is 0 Å². The average molecular weight is 209 g/mol. The van der Waals surface area contributed by atoms with Gasteiger partial charge >= 0.3 is 0 Å². The zero-order valence-corrected chi connectivity index (χ0v) is 8.91. The lowest BCUT2D eigenvalue weighted by molar-refractivity contribution is 0.567. The maximum atomic E-state index is 5.29. The topological polar surface area (TPSA) is 43.9 Å². The van der Waals surface area contributed by atoms with E-state index in [0.717, 1.165) is 23.3 Å². The average Bonchev–Trinajstić information content (AvgIpc) is 2.85. The van der Waals surface area contributed by atoms with Crippen LogP contribution in [0.5, 0.6) is 0 Å². The summed E-state index contributed by atoms with van der Waals surface area (Å²) in [6.07, 6.45) is 3.63. The van der Waals surface area contributed by atoms with E-state index in [-0.39, 0.29) is 0 Å². The van der Waals surface area contributed by atoms with Gasteiger partial charge in [0.2, 0.25) is 0 Å². The molecule has 0 spiro atoms. The van der Waals surface area contributed by atoms with Crippen LogP contribution in [0, 0.1) is 0 Å². The Bertz CT molecular complexity index is 408. The summed E-state index contributed by atoms with van der Waals surface area (Å²) < 4.78 is 7.32. The third-order valence-corrected chi connectivity index (χ3v) is 2.62. The van der Waals surface area contributed by atoms with E-state index < -0.39 is 0 Å². The van der Waals surface area contributed by atoms with Crippen molar-refractivity contribution in [3.8, 4) is 11.6 Å². The smallest absolute Gasteiger partial charge is 0.200 e. The molecule has 4 nitrogen and oxygen atoms in total. The first-order valence-corrected chi connectivity index (χ1v) is 5.60. The second kappa shape index (κ2) is 3.88. The van der Waals surface area contributed by atoms with Crippen molar-refractivity contribution in [1.29, 1.82) is 0 Å². The van der Waals surface area contributed by atoms with Gasteiger partial charge in [0.25, 0.3) is 0 Å². The molecule has 0 saturated carbocycles. The highest BCUT2D eigenvalue weighted by molar-refractivity contribution is 7.98. The number of hydrogen-bond acceptors (Lipinski definition) is 4. The Morgan fingerprint density at radius 1 is 1.50 bits per heavy atom. The zero-order valence-electron chi connectivity index (χ0n) is 8.10. The monoisotopic (exact) mass is 209 g/mol. The number of thioether (sulfide) groups is 1. The summed E-state index contributed by atoms with van der Waals surface area (Å²) in [5.41, 5.74) is 0. The summed E-state index contributed by atoms with van der Waals surface area (Å²) in [4.78, 5) is 0. The highest BCUT2D eigenvalue weighted by atomic mass is 32.2. The minimum atomic E-state index is 0.764. The van der Waals surface area contributed by atoms with Crippen LogP contribution in [0.15, 0.2) is 28.0 Å². The summed E-state index contributed by atoms with van der Waals surface area (Å²) in [7, 11) is 0.